The molecule has 2 heterocycles. The van der Waals surface area contributed by atoms with Crippen molar-refractivity contribution < 1.29 is 19.1 Å². The maximum absolute atomic E-state index is 12.2. The first-order valence-electron chi connectivity index (χ1n) is 6.77. The summed E-state index contributed by atoms with van der Waals surface area (Å²) in [6.07, 6.45) is 1.86. The largest absolute Gasteiger partial charge is 0.465 e. The van der Waals surface area contributed by atoms with Crippen LogP contribution in [0.2, 0.25) is 0 Å². The first-order chi connectivity index (χ1) is 11.1. The Morgan fingerprint density at radius 1 is 1.13 bits per heavy atom. The number of hydrogen-bond acceptors (Lipinski definition) is 6. The van der Waals surface area contributed by atoms with Crippen molar-refractivity contribution in [1.29, 1.82) is 0 Å². The maximum atomic E-state index is 12.2. The highest BCUT2D eigenvalue weighted by molar-refractivity contribution is 7.98. The second-order valence-corrected chi connectivity index (χ2v) is 5.54. The molecule has 0 bridgehead atoms. The molecule has 118 valence electrons. The van der Waals surface area contributed by atoms with E-state index in [9.17, 15) is 9.59 Å². The zero-order valence-corrected chi connectivity index (χ0v) is 13.6. The lowest BCUT2D eigenvalue weighted by molar-refractivity contribution is 0.0551. The summed E-state index contributed by atoms with van der Waals surface area (Å²) in [4.78, 5) is 31.9. The third kappa shape index (κ3) is 2.33. The minimum absolute atomic E-state index is 0.0530. The highest BCUT2D eigenvalue weighted by Crippen LogP contribution is 2.35. The number of nitrogens with zero attached hydrogens (tertiary/aromatic N) is 1. The van der Waals surface area contributed by atoms with Gasteiger partial charge in [-0.25, -0.2) is 14.6 Å². The van der Waals surface area contributed by atoms with Gasteiger partial charge in [0.1, 0.15) is 10.6 Å². The van der Waals surface area contributed by atoms with Crippen molar-refractivity contribution in [2.24, 2.45) is 0 Å². The summed E-state index contributed by atoms with van der Waals surface area (Å²) in [5.74, 6) is -1.32. The van der Waals surface area contributed by atoms with Gasteiger partial charge in [0.2, 0.25) is 0 Å². The zero-order chi connectivity index (χ0) is 16.6. The molecule has 0 fully saturated rings. The van der Waals surface area contributed by atoms with Gasteiger partial charge in [0.15, 0.2) is 5.69 Å². The lowest BCUT2D eigenvalue weighted by atomic mass is 10.1. The van der Waals surface area contributed by atoms with E-state index in [4.69, 9.17) is 9.47 Å². The molecule has 6 nitrogen and oxygen atoms in total. The van der Waals surface area contributed by atoms with E-state index in [1.165, 1.54) is 26.0 Å². The number of H-pyrrole nitrogens is 1. The Hall–Kier alpha value is -2.54. The molecule has 0 spiro atoms. The minimum atomic E-state index is -0.679. The number of hydrogen-bond donors (Lipinski definition) is 1. The fraction of sp³-hybridized carbons (Fsp3) is 0.188. The van der Waals surface area contributed by atoms with E-state index in [-0.39, 0.29) is 11.3 Å². The van der Waals surface area contributed by atoms with Crippen LogP contribution in [0, 0.1) is 0 Å². The Balaban J connectivity index is 2.52. The molecule has 1 aromatic carbocycles. The number of nitrogens with one attached hydrogen (secondary N) is 1. The average molecular weight is 330 g/mol. The normalized spacial score (nSPS) is 10.9. The highest BCUT2D eigenvalue weighted by Gasteiger charge is 2.27. The van der Waals surface area contributed by atoms with Crippen molar-refractivity contribution in [3.63, 3.8) is 0 Å². The lowest BCUT2D eigenvalue weighted by Gasteiger charge is -2.09. The minimum Gasteiger partial charge on any atom is -0.465 e. The lowest BCUT2D eigenvalue weighted by Crippen LogP contribution is -2.15. The number of ether oxygens (including phenoxy) is 2. The number of fused-ring (bicyclic) bond motifs is 3. The maximum Gasteiger partial charge on any atom is 0.357 e. The Morgan fingerprint density at radius 2 is 1.83 bits per heavy atom. The van der Waals surface area contributed by atoms with Crippen LogP contribution in [-0.2, 0) is 9.47 Å². The quantitative estimate of drug-likeness (QED) is 0.587. The SMILES string of the molecule is COC(=O)c1nc(SC)c2c([nH]c3ccccc32)c1C(=O)OC. The third-order valence-corrected chi connectivity index (χ3v) is 4.26. The number of para-hydroxylation sites is 1. The van der Waals surface area contributed by atoms with E-state index in [0.29, 0.717) is 10.5 Å². The van der Waals surface area contributed by atoms with Gasteiger partial charge in [-0.05, 0) is 12.3 Å². The van der Waals surface area contributed by atoms with Gasteiger partial charge in [0, 0.05) is 16.3 Å². The van der Waals surface area contributed by atoms with Crippen molar-refractivity contribution in [2.45, 2.75) is 5.03 Å². The monoisotopic (exact) mass is 330 g/mol. The number of aromatic nitrogens is 2. The Labute approximate surface area is 136 Å². The van der Waals surface area contributed by atoms with Gasteiger partial charge in [0.25, 0.3) is 0 Å². The van der Waals surface area contributed by atoms with Gasteiger partial charge in [-0.3, -0.25) is 0 Å². The molecular weight excluding hydrogens is 316 g/mol. The molecule has 2 aromatic heterocycles. The number of thioether (sulfide) groups is 1. The van der Waals surface area contributed by atoms with Crippen molar-refractivity contribution in [3.05, 3.63) is 35.5 Å². The molecule has 0 atom stereocenters. The fourth-order valence-electron chi connectivity index (χ4n) is 2.58. The molecule has 0 saturated carbocycles. The topological polar surface area (TPSA) is 81.3 Å². The van der Waals surface area contributed by atoms with E-state index in [2.05, 4.69) is 9.97 Å². The van der Waals surface area contributed by atoms with Crippen molar-refractivity contribution in [3.8, 4) is 0 Å². The average Bonchev–Trinajstić information content (AvgIpc) is 2.98. The Bertz CT molecular complexity index is 933. The van der Waals surface area contributed by atoms with E-state index in [0.717, 1.165) is 16.3 Å². The number of carbonyl (C=O) groups is 2. The van der Waals surface area contributed by atoms with Crippen LogP contribution in [0.3, 0.4) is 0 Å². The predicted molar refractivity (Wildman–Crippen MR) is 88.1 cm³/mol. The van der Waals surface area contributed by atoms with Gasteiger partial charge in [-0.1, -0.05) is 18.2 Å². The van der Waals surface area contributed by atoms with Gasteiger partial charge < -0.3 is 14.5 Å². The predicted octanol–water partition coefficient (Wildman–Crippen LogP) is 3.01. The van der Waals surface area contributed by atoms with Gasteiger partial charge >= 0.3 is 11.9 Å². The zero-order valence-electron chi connectivity index (χ0n) is 12.8. The molecule has 0 unspecified atom stereocenters. The van der Waals surface area contributed by atoms with Crippen molar-refractivity contribution in [1.82, 2.24) is 9.97 Å². The number of benzene rings is 1. The van der Waals surface area contributed by atoms with Crippen LogP contribution in [0.25, 0.3) is 21.8 Å². The Morgan fingerprint density at radius 3 is 2.48 bits per heavy atom. The molecule has 0 aliphatic rings. The highest BCUT2D eigenvalue weighted by atomic mass is 32.2. The second-order valence-electron chi connectivity index (χ2n) is 4.75. The fourth-order valence-corrected chi connectivity index (χ4v) is 3.17. The molecule has 1 N–H and O–H groups in total. The van der Waals surface area contributed by atoms with Gasteiger partial charge in [-0.15, -0.1) is 11.8 Å². The molecule has 0 radical (unpaired) electrons. The van der Waals surface area contributed by atoms with E-state index in [1.807, 2.05) is 30.5 Å². The molecule has 0 aliphatic carbocycles. The molecule has 7 heteroatoms. The summed E-state index contributed by atoms with van der Waals surface area (Å²) in [6, 6.07) is 7.64. The van der Waals surface area contributed by atoms with Crippen LogP contribution < -0.4 is 0 Å². The van der Waals surface area contributed by atoms with Crippen molar-refractivity contribution in [2.75, 3.05) is 20.5 Å². The van der Waals surface area contributed by atoms with Crippen LogP contribution in [0.4, 0.5) is 0 Å². The molecule has 0 saturated heterocycles. The summed E-state index contributed by atoms with van der Waals surface area (Å²) >= 11 is 1.40. The first-order valence-corrected chi connectivity index (χ1v) is 7.99. The number of esters is 2. The number of aromatic amines is 1. The Kier molecular flexibility index (Phi) is 3.96. The van der Waals surface area contributed by atoms with E-state index in [1.54, 1.807) is 0 Å². The van der Waals surface area contributed by atoms with E-state index >= 15 is 0 Å². The van der Waals surface area contributed by atoms with Crippen LogP contribution in [0.1, 0.15) is 20.8 Å². The van der Waals surface area contributed by atoms with Crippen LogP contribution in [0.15, 0.2) is 29.3 Å². The van der Waals surface area contributed by atoms with Gasteiger partial charge in [0.05, 0.1) is 19.7 Å². The second kappa shape index (κ2) is 5.92. The summed E-state index contributed by atoms with van der Waals surface area (Å²) in [6.45, 7) is 0. The number of methoxy groups -OCH3 is 2. The number of pyridine rings is 1. The van der Waals surface area contributed by atoms with E-state index < -0.39 is 11.9 Å². The molecule has 0 aliphatic heterocycles. The molecule has 3 rings (SSSR count). The molecule has 23 heavy (non-hydrogen) atoms. The van der Waals surface area contributed by atoms with Crippen LogP contribution >= 0.6 is 11.8 Å². The molecule has 0 amide bonds. The number of rotatable bonds is 3. The van der Waals surface area contributed by atoms with Crippen molar-refractivity contribution >= 4 is 45.5 Å². The smallest absolute Gasteiger partial charge is 0.357 e. The summed E-state index contributed by atoms with van der Waals surface area (Å²) in [5.41, 5.74) is 1.41. The standard InChI is InChI=1S/C16H14N2O4S/c1-21-15(19)11-12-10(8-6-4-5-7-9(8)17-12)14(23-3)18-13(11)16(20)22-2/h4-7,17H,1-3H3. The number of carbonyl (C=O) groups excluding carboxylic acids is 2. The van der Waals surface area contributed by atoms with Crippen LogP contribution in [0.5, 0.6) is 0 Å². The van der Waals surface area contributed by atoms with Crippen LogP contribution in [-0.4, -0.2) is 42.4 Å². The van der Waals surface area contributed by atoms with Gasteiger partial charge in [-0.2, -0.15) is 0 Å². The molecule has 3 aromatic rings. The summed E-state index contributed by atoms with van der Waals surface area (Å²) in [7, 11) is 2.51. The summed E-state index contributed by atoms with van der Waals surface area (Å²) in [5, 5.41) is 2.37. The third-order valence-electron chi connectivity index (χ3n) is 3.58. The summed E-state index contributed by atoms with van der Waals surface area (Å²) < 4.78 is 9.60. The first kappa shape index (κ1) is 15.4. The molecular formula is C16H14N2O4S.